The van der Waals surface area contributed by atoms with Crippen LogP contribution in [0.15, 0.2) is 0 Å². The van der Waals surface area contributed by atoms with Crippen LogP contribution in [-0.4, -0.2) is 30.6 Å². The predicted molar refractivity (Wildman–Crippen MR) is 48.5 cm³/mol. The van der Waals surface area contributed by atoms with E-state index in [9.17, 15) is 0 Å². The van der Waals surface area contributed by atoms with Crippen LogP contribution in [0.25, 0.3) is 0 Å². The standard InChI is InChI=1S/C9H20N2/c1-8-4-6-11(7-8)9(2)3-5-10/h8-9H,3-7,10H2,1-2H3. The molecular formula is C9H20N2. The van der Waals surface area contributed by atoms with Gasteiger partial charge in [-0.05, 0) is 38.8 Å². The third-order valence-electron chi connectivity index (χ3n) is 2.66. The highest BCUT2D eigenvalue weighted by molar-refractivity contribution is 4.76. The monoisotopic (exact) mass is 156 g/mol. The molecule has 2 atom stereocenters. The van der Waals surface area contributed by atoms with Crippen LogP contribution in [0.3, 0.4) is 0 Å². The third-order valence-corrected chi connectivity index (χ3v) is 2.66. The minimum absolute atomic E-state index is 0.699. The molecule has 0 aliphatic carbocycles. The van der Waals surface area contributed by atoms with Crippen molar-refractivity contribution in [3.8, 4) is 0 Å². The van der Waals surface area contributed by atoms with E-state index in [0.717, 1.165) is 18.9 Å². The van der Waals surface area contributed by atoms with Crippen LogP contribution in [0.5, 0.6) is 0 Å². The van der Waals surface area contributed by atoms with E-state index in [0.29, 0.717) is 6.04 Å². The lowest BCUT2D eigenvalue weighted by Gasteiger charge is -2.23. The van der Waals surface area contributed by atoms with Crippen LogP contribution in [0.2, 0.25) is 0 Å². The Labute approximate surface area is 69.8 Å². The van der Waals surface area contributed by atoms with E-state index in [-0.39, 0.29) is 0 Å². The lowest BCUT2D eigenvalue weighted by Crippen LogP contribution is -2.32. The number of nitrogens with two attached hydrogens (primary N) is 1. The quantitative estimate of drug-likeness (QED) is 0.662. The van der Waals surface area contributed by atoms with Gasteiger partial charge in [0, 0.05) is 12.6 Å². The van der Waals surface area contributed by atoms with E-state index in [4.69, 9.17) is 5.73 Å². The lowest BCUT2D eigenvalue weighted by atomic mass is 10.2. The summed E-state index contributed by atoms with van der Waals surface area (Å²) in [5.41, 5.74) is 5.51. The first kappa shape index (κ1) is 9.01. The first-order valence-corrected chi connectivity index (χ1v) is 4.68. The van der Waals surface area contributed by atoms with Crippen LogP contribution < -0.4 is 5.73 Å². The molecule has 2 heteroatoms. The number of hydrogen-bond donors (Lipinski definition) is 1. The van der Waals surface area contributed by atoms with Crippen molar-refractivity contribution in [2.24, 2.45) is 11.7 Å². The SMILES string of the molecule is CC1CCN(C(C)CCN)C1. The molecule has 2 nitrogen and oxygen atoms in total. The van der Waals surface area contributed by atoms with E-state index in [1.165, 1.54) is 19.5 Å². The molecule has 0 bridgehead atoms. The maximum atomic E-state index is 5.51. The molecule has 11 heavy (non-hydrogen) atoms. The van der Waals surface area contributed by atoms with Crippen molar-refractivity contribution < 1.29 is 0 Å². The molecule has 1 fully saturated rings. The summed E-state index contributed by atoms with van der Waals surface area (Å²) in [6.07, 6.45) is 2.52. The van der Waals surface area contributed by atoms with Crippen LogP contribution in [0, 0.1) is 5.92 Å². The number of rotatable bonds is 3. The lowest BCUT2D eigenvalue weighted by molar-refractivity contribution is 0.242. The van der Waals surface area contributed by atoms with Crippen LogP contribution in [0.4, 0.5) is 0 Å². The van der Waals surface area contributed by atoms with Crippen LogP contribution in [-0.2, 0) is 0 Å². The Bertz CT molecular complexity index is 114. The fourth-order valence-electron chi connectivity index (χ4n) is 1.79. The molecule has 2 unspecified atom stereocenters. The first-order chi connectivity index (χ1) is 5.24. The van der Waals surface area contributed by atoms with E-state index in [1.54, 1.807) is 0 Å². The molecule has 2 N–H and O–H groups in total. The highest BCUT2D eigenvalue weighted by Gasteiger charge is 2.21. The van der Waals surface area contributed by atoms with E-state index < -0.39 is 0 Å². The Balaban J connectivity index is 2.25. The number of likely N-dealkylation sites (tertiary alicyclic amines) is 1. The summed E-state index contributed by atoms with van der Waals surface area (Å²) in [5, 5.41) is 0. The molecule has 0 amide bonds. The highest BCUT2D eigenvalue weighted by atomic mass is 15.2. The van der Waals surface area contributed by atoms with Gasteiger partial charge in [0.15, 0.2) is 0 Å². The van der Waals surface area contributed by atoms with Gasteiger partial charge in [-0.25, -0.2) is 0 Å². The summed E-state index contributed by atoms with van der Waals surface area (Å²) in [5.74, 6) is 0.898. The average Bonchev–Trinajstić information content (AvgIpc) is 2.36. The second kappa shape index (κ2) is 4.07. The van der Waals surface area contributed by atoms with Gasteiger partial charge in [0.25, 0.3) is 0 Å². The Morgan fingerprint density at radius 3 is 2.82 bits per heavy atom. The van der Waals surface area contributed by atoms with Gasteiger partial charge in [-0.15, -0.1) is 0 Å². The zero-order valence-corrected chi connectivity index (χ0v) is 7.71. The van der Waals surface area contributed by atoms with Crippen molar-refractivity contribution in [3.63, 3.8) is 0 Å². The molecular weight excluding hydrogens is 136 g/mol. The molecule has 1 heterocycles. The van der Waals surface area contributed by atoms with Crippen molar-refractivity contribution in [1.29, 1.82) is 0 Å². The maximum Gasteiger partial charge on any atom is 0.00790 e. The third kappa shape index (κ3) is 2.46. The van der Waals surface area contributed by atoms with Gasteiger partial charge in [0.05, 0.1) is 0 Å². The second-order valence-electron chi connectivity index (χ2n) is 3.82. The van der Waals surface area contributed by atoms with Crippen molar-refractivity contribution in [2.75, 3.05) is 19.6 Å². The van der Waals surface area contributed by atoms with Gasteiger partial charge in [0.2, 0.25) is 0 Å². The number of hydrogen-bond acceptors (Lipinski definition) is 2. The summed E-state index contributed by atoms with van der Waals surface area (Å²) in [7, 11) is 0. The van der Waals surface area contributed by atoms with E-state index in [2.05, 4.69) is 18.7 Å². The van der Waals surface area contributed by atoms with Gasteiger partial charge in [-0.3, -0.25) is 0 Å². The average molecular weight is 156 g/mol. The Morgan fingerprint density at radius 1 is 1.64 bits per heavy atom. The van der Waals surface area contributed by atoms with Crippen molar-refractivity contribution in [1.82, 2.24) is 4.90 Å². The largest absolute Gasteiger partial charge is 0.330 e. The second-order valence-corrected chi connectivity index (χ2v) is 3.82. The highest BCUT2D eigenvalue weighted by Crippen LogP contribution is 2.18. The first-order valence-electron chi connectivity index (χ1n) is 4.68. The normalized spacial score (nSPS) is 29.2. The van der Waals surface area contributed by atoms with Gasteiger partial charge < -0.3 is 10.6 Å². The summed E-state index contributed by atoms with van der Waals surface area (Å²) in [6, 6.07) is 0.699. The molecule has 0 radical (unpaired) electrons. The van der Waals surface area contributed by atoms with E-state index in [1.807, 2.05) is 0 Å². The van der Waals surface area contributed by atoms with E-state index >= 15 is 0 Å². The molecule has 1 saturated heterocycles. The minimum Gasteiger partial charge on any atom is -0.330 e. The molecule has 1 aliphatic rings. The van der Waals surface area contributed by atoms with Gasteiger partial charge >= 0.3 is 0 Å². The Morgan fingerprint density at radius 2 is 2.36 bits per heavy atom. The van der Waals surface area contributed by atoms with Crippen molar-refractivity contribution in [2.45, 2.75) is 32.7 Å². The molecule has 0 aromatic carbocycles. The Kier molecular flexibility index (Phi) is 3.34. The molecule has 1 aliphatic heterocycles. The summed E-state index contributed by atoms with van der Waals surface area (Å²) < 4.78 is 0. The van der Waals surface area contributed by atoms with Crippen LogP contribution >= 0.6 is 0 Å². The zero-order chi connectivity index (χ0) is 8.27. The van der Waals surface area contributed by atoms with Gasteiger partial charge in [-0.1, -0.05) is 6.92 Å². The summed E-state index contributed by atoms with van der Waals surface area (Å²) in [6.45, 7) is 8.00. The molecule has 1 rings (SSSR count). The fourth-order valence-corrected chi connectivity index (χ4v) is 1.79. The molecule has 66 valence electrons. The topological polar surface area (TPSA) is 29.3 Å². The molecule has 0 aromatic rings. The summed E-state index contributed by atoms with van der Waals surface area (Å²) >= 11 is 0. The van der Waals surface area contributed by atoms with Gasteiger partial charge in [-0.2, -0.15) is 0 Å². The van der Waals surface area contributed by atoms with Crippen molar-refractivity contribution >= 4 is 0 Å². The van der Waals surface area contributed by atoms with Crippen LogP contribution in [0.1, 0.15) is 26.7 Å². The molecule has 0 aromatic heterocycles. The zero-order valence-electron chi connectivity index (χ0n) is 7.71. The fraction of sp³-hybridized carbons (Fsp3) is 1.00. The minimum atomic E-state index is 0.699. The predicted octanol–water partition coefficient (Wildman–Crippen LogP) is 1.07. The molecule has 0 saturated carbocycles. The van der Waals surface area contributed by atoms with Gasteiger partial charge in [0.1, 0.15) is 0 Å². The smallest absolute Gasteiger partial charge is 0.00790 e. The van der Waals surface area contributed by atoms with Crippen molar-refractivity contribution in [3.05, 3.63) is 0 Å². The Hall–Kier alpha value is -0.0800. The summed E-state index contributed by atoms with van der Waals surface area (Å²) in [4.78, 5) is 2.55. The number of nitrogens with zero attached hydrogens (tertiary/aromatic N) is 1. The molecule has 0 spiro atoms. The maximum absolute atomic E-state index is 5.51.